The minimum absolute atomic E-state index is 0.00722. The van der Waals surface area contributed by atoms with E-state index in [0.29, 0.717) is 0 Å². The molecule has 0 aliphatic heterocycles. The van der Waals surface area contributed by atoms with Crippen LogP contribution in [0.5, 0.6) is 0 Å². The summed E-state index contributed by atoms with van der Waals surface area (Å²) in [6, 6.07) is 16.8. The number of hydrazine groups is 1. The number of nitrogens with two attached hydrogens (primary N) is 1. The minimum Gasteiger partial charge on any atom is -0.271 e. The standard InChI is InChI=1S/C15H12Br2N2S/c16-12-8-13(20-15(12)17)14(19-18)11-6-5-9-3-1-2-4-10(9)7-11/h1-8,14,19H,18H2. The van der Waals surface area contributed by atoms with Crippen LogP contribution in [0.25, 0.3) is 10.8 Å². The zero-order valence-corrected chi connectivity index (χ0v) is 14.4. The van der Waals surface area contributed by atoms with Crippen molar-refractivity contribution in [3.05, 3.63) is 67.2 Å². The lowest BCUT2D eigenvalue weighted by atomic mass is 10.0. The fourth-order valence-corrected chi connectivity index (χ4v) is 4.41. The third-order valence-corrected chi connectivity index (χ3v) is 6.54. The third-order valence-electron chi connectivity index (χ3n) is 3.22. The maximum absolute atomic E-state index is 5.77. The second kappa shape index (κ2) is 5.95. The fraction of sp³-hybridized carbons (Fsp3) is 0.0667. The van der Waals surface area contributed by atoms with Crippen LogP contribution in [0.4, 0.5) is 0 Å². The SMILES string of the molecule is NNC(c1ccc2ccccc2c1)c1cc(Br)c(Br)s1. The van der Waals surface area contributed by atoms with Gasteiger partial charge < -0.3 is 0 Å². The number of benzene rings is 2. The lowest BCUT2D eigenvalue weighted by Crippen LogP contribution is -2.28. The molecular formula is C15H12Br2N2S. The smallest absolute Gasteiger partial charge is 0.0843 e. The maximum atomic E-state index is 5.77. The van der Waals surface area contributed by atoms with Crippen LogP contribution in [0.2, 0.25) is 0 Å². The van der Waals surface area contributed by atoms with Gasteiger partial charge in [-0.25, -0.2) is 5.43 Å². The Balaban J connectivity index is 2.06. The first-order valence-corrected chi connectivity index (χ1v) is 8.49. The molecule has 0 spiro atoms. The summed E-state index contributed by atoms with van der Waals surface area (Å²) < 4.78 is 2.13. The maximum Gasteiger partial charge on any atom is 0.0843 e. The lowest BCUT2D eigenvalue weighted by Gasteiger charge is -2.15. The third kappa shape index (κ3) is 2.69. The first kappa shape index (κ1) is 14.2. The molecule has 1 unspecified atom stereocenters. The first-order valence-electron chi connectivity index (χ1n) is 6.08. The summed E-state index contributed by atoms with van der Waals surface area (Å²) in [5.74, 6) is 5.77. The van der Waals surface area contributed by atoms with E-state index in [-0.39, 0.29) is 6.04 Å². The molecule has 0 bridgehead atoms. The zero-order chi connectivity index (χ0) is 14.1. The molecule has 3 aromatic rings. The van der Waals surface area contributed by atoms with Crippen molar-refractivity contribution in [2.75, 3.05) is 0 Å². The van der Waals surface area contributed by atoms with Gasteiger partial charge in [0.1, 0.15) is 0 Å². The summed E-state index contributed by atoms with van der Waals surface area (Å²) in [5.41, 5.74) is 4.07. The Morgan fingerprint density at radius 3 is 2.40 bits per heavy atom. The summed E-state index contributed by atoms with van der Waals surface area (Å²) >= 11 is 8.72. The number of thiophene rings is 1. The van der Waals surface area contributed by atoms with Gasteiger partial charge in [0.05, 0.1) is 9.83 Å². The van der Waals surface area contributed by atoms with Crippen LogP contribution in [0.1, 0.15) is 16.5 Å². The molecule has 1 heterocycles. The lowest BCUT2D eigenvalue weighted by molar-refractivity contribution is 0.647. The second-order valence-electron chi connectivity index (χ2n) is 4.48. The van der Waals surface area contributed by atoms with Crippen LogP contribution in [0.15, 0.2) is 56.8 Å². The van der Waals surface area contributed by atoms with Gasteiger partial charge in [-0.15, -0.1) is 11.3 Å². The van der Waals surface area contributed by atoms with E-state index in [2.05, 4.69) is 79.8 Å². The molecular weight excluding hydrogens is 400 g/mol. The van der Waals surface area contributed by atoms with Gasteiger partial charge >= 0.3 is 0 Å². The van der Waals surface area contributed by atoms with Gasteiger partial charge in [-0.2, -0.15) is 0 Å². The second-order valence-corrected chi connectivity index (χ2v) is 7.73. The number of fused-ring (bicyclic) bond motifs is 1. The van der Waals surface area contributed by atoms with Crippen molar-refractivity contribution in [2.45, 2.75) is 6.04 Å². The van der Waals surface area contributed by atoms with E-state index in [4.69, 9.17) is 5.84 Å². The molecule has 3 N–H and O–H groups in total. The minimum atomic E-state index is -0.00722. The molecule has 0 radical (unpaired) electrons. The Labute approximate surface area is 138 Å². The topological polar surface area (TPSA) is 38.0 Å². The van der Waals surface area contributed by atoms with Crippen molar-refractivity contribution in [2.24, 2.45) is 5.84 Å². The van der Waals surface area contributed by atoms with Crippen LogP contribution in [-0.4, -0.2) is 0 Å². The molecule has 102 valence electrons. The molecule has 5 heteroatoms. The van der Waals surface area contributed by atoms with Crippen LogP contribution < -0.4 is 11.3 Å². The van der Waals surface area contributed by atoms with Gasteiger partial charge in [-0.3, -0.25) is 5.84 Å². The monoisotopic (exact) mass is 410 g/mol. The first-order chi connectivity index (χ1) is 9.69. The Morgan fingerprint density at radius 1 is 1.00 bits per heavy atom. The van der Waals surface area contributed by atoms with Crippen LogP contribution >= 0.6 is 43.2 Å². The molecule has 2 aromatic carbocycles. The predicted octanol–water partition coefficient (Wildman–Crippen LogP) is 4.98. The Bertz CT molecular complexity index is 735. The molecule has 0 amide bonds. The summed E-state index contributed by atoms with van der Waals surface area (Å²) in [5, 5.41) is 2.46. The largest absolute Gasteiger partial charge is 0.271 e. The van der Waals surface area contributed by atoms with E-state index >= 15 is 0 Å². The highest BCUT2D eigenvalue weighted by Crippen LogP contribution is 2.37. The molecule has 0 aliphatic rings. The highest BCUT2D eigenvalue weighted by Gasteiger charge is 2.16. The molecule has 1 atom stereocenters. The van der Waals surface area contributed by atoms with Gasteiger partial charge in [0.15, 0.2) is 0 Å². The molecule has 0 saturated carbocycles. The van der Waals surface area contributed by atoms with Crippen LogP contribution in [0, 0.1) is 0 Å². The highest BCUT2D eigenvalue weighted by atomic mass is 79.9. The summed E-state index contributed by atoms with van der Waals surface area (Å²) in [7, 11) is 0. The van der Waals surface area contributed by atoms with E-state index < -0.39 is 0 Å². The number of halogens is 2. The molecule has 0 saturated heterocycles. The number of rotatable bonds is 3. The van der Waals surface area contributed by atoms with Crippen LogP contribution in [-0.2, 0) is 0 Å². The van der Waals surface area contributed by atoms with Crippen molar-refractivity contribution in [1.82, 2.24) is 5.43 Å². The van der Waals surface area contributed by atoms with E-state index in [9.17, 15) is 0 Å². The fourth-order valence-electron chi connectivity index (χ4n) is 2.24. The average Bonchev–Trinajstić information content (AvgIpc) is 2.79. The van der Waals surface area contributed by atoms with Gasteiger partial charge in [0, 0.05) is 9.35 Å². The number of hydrogen-bond acceptors (Lipinski definition) is 3. The van der Waals surface area contributed by atoms with Crippen molar-refractivity contribution in [1.29, 1.82) is 0 Å². The summed E-state index contributed by atoms with van der Waals surface area (Å²) in [6.45, 7) is 0. The normalized spacial score (nSPS) is 12.8. The molecule has 20 heavy (non-hydrogen) atoms. The summed E-state index contributed by atoms with van der Waals surface area (Å²) in [6.07, 6.45) is 0. The molecule has 0 fully saturated rings. The van der Waals surface area contributed by atoms with E-state index in [1.807, 2.05) is 6.07 Å². The zero-order valence-electron chi connectivity index (χ0n) is 10.4. The Kier molecular flexibility index (Phi) is 4.23. The average molecular weight is 412 g/mol. The van der Waals surface area contributed by atoms with E-state index in [1.54, 1.807) is 11.3 Å². The Hall–Kier alpha value is -0.720. The van der Waals surface area contributed by atoms with E-state index in [0.717, 1.165) is 13.8 Å². The van der Waals surface area contributed by atoms with Gasteiger partial charge in [0.25, 0.3) is 0 Å². The van der Waals surface area contributed by atoms with Crippen molar-refractivity contribution in [3.63, 3.8) is 0 Å². The predicted molar refractivity (Wildman–Crippen MR) is 92.8 cm³/mol. The molecule has 0 aliphatic carbocycles. The van der Waals surface area contributed by atoms with Gasteiger partial charge in [0.2, 0.25) is 0 Å². The number of hydrogen-bond donors (Lipinski definition) is 2. The van der Waals surface area contributed by atoms with E-state index in [1.165, 1.54) is 15.6 Å². The molecule has 3 rings (SSSR count). The molecule has 1 aromatic heterocycles. The quantitative estimate of drug-likeness (QED) is 0.471. The van der Waals surface area contributed by atoms with Gasteiger partial charge in [-0.1, -0.05) is 36.4 Å². The highest BCUT2D eigenvalue weighted by molar-refractivity contribution is 9.13. The van der Waals surface area contributed by atoms with Gasteiger partial charge in [-0.05, 0) is 60.3 Å². The van der Waals surface area contributed by atoms with Crippen molar-refractivity contribution >= 4 is 54.0 Å². The summed E-state index contributed by atoms with van der Waals surface area (Å²) in [4.78, 5) is 1.17. The van der Waals surface area contributed by atoms with Crippen molar-refractivity contribution < 1.29 is 0 Å². The Morgan fingerprint density at radius 2 is 1.75 bits per heavy atom. The van der Waals surface area contributed by atoms with Crippen molar-refractivity contribution in [3.8, 4) is 0 Å². The number of nitrogens with one attached hydrogen (secondary N) is 1. The molecule has 2 nitrogen and oxygen atoms in total. The van der Waals surface area contributed by atoms with Crippen LogP contribution in [0.3, 0.4) is 0 Å².